The maximum atomic E-state index is 11.7. The van der Waals surface area contributed by atoms with Crippen LogP contribution >= 0.6 is 0 Å². The van der Waals surface area contributed by atoms with Gasteiger partial charge >= 0.3 is 22.6 Å². The molecule has 0 saturated heterocycles. The van der Waals surface area contributed by atoms with E-state index in [2.05, 4.69) is 4.98 Å². The Morgan fingerprint density at radius 2 is 1.53 bits per heavy atom. The molecule has 3 aromatic rings. The lowest BCUT2D eigenvalue weighted by atomic mass is 10.1. The van der Waals surface area contributed by atoms with Crippen molar-refractivity contribution in [1.82, 2.24) is 9.97 Å². The molecule has 3 rings (SSSR count). The monoisotopic (exact) mass is 471 g/mol. The summed E-state index contributed by atoms with van der Waals surface area (Å²) in [7, 11) is 1.31. The van der Waals surface area contributed by atoms with Gasteiger partial charge in [-0.05, 0) is 29.8 Å². The van der Waals surface area contributed by atoms with Crippen molar-refractivity contribution in [2.75, 3.05) is 7.11 Å². The number of H-pyrrole nitrogens is 2. The van der Waals surface area contributed by atoms with Crippen LogP contribution in [0.5, 0.6) is 17.2 Å². The molecule has 0 radical (unpaired) electrons. The van der Waals surface area contributed by atoms with Crippen molar-refractivity contribution in [3.05, 3.63) is 98.8 Å². The van der Waals surface area contributed by atoms with Gasteiger partial charge in [-0.1, -0.05) is 12.1 Å². The summed E-state index contributed by atoms with van der Waals surface area (Å²) in [5, 5.41) is 33.4. The number of hydrogen-bond donors (Lipinski definition) is 2. The molecule has 0 unspecified atom stereocenters. The summed E-state index contributed by atoms with van der Waals surface area (Å²) in [6.45, 7) is 0. The predicted octanol–water partition coefficient (Wildman–Crippen LogP) is 2.76. The van der Waals surface area contributed by atoms with Gasteiger partial charge in [0.15, 0.2) is 11.5 Å². The lowest BCUT2D eigenvalue weighted by molar-refractivity contribution is -0.394. The summed E-state index contributed by atoms with van der Waals surface area (Å²) >= 11 is 0. The van der Waals surface area contributed by atoms with Crippen LogP contribution in [0.25, 0.3) is 12.2 Å². The molecule has 15 heteroatoms. The second-order valence-electron chi connectivity index (χ2n) is 6.44. The van der Waals surface area contributed by atoms with E-state index in [1.54, 1.807) is 4.98 Å². The fourth-order valence-corrected chi connectivity index (χ4v) is 2.82. The first-order chi connectivity index (χ1) is 16.1. The Morgan fingerprint density at radius 3 is 2.15 bits per heavy atom. The number of benzene rings is 2. The average molecular weight is 471 g/mol. The molecule has 0 atom stereocenters. The number of ether oxygens (including phenoxy) is 2. The van der Waals surface area contributed by atoms with E-state index in [0.717, 1.165) is 24.3 Å². The topological polar surface area (TPSA) is 214 Å². The van der Waals surface area contributed by atoms with Crippen molar-refractivity contribution < 1.29 is 24.2 Å². The molecule has 0 aliphatic rings. The molecule has 0 aliphatic carbocycles. The third kappa shape index (κ3) is 4.93. The van der Waals surface area contributed by atoms with Crippen molar-refractivity contribution in [2.24, 2.45) is 0 Å². The zero-order valence-corrected chi connectivity index (χ0v) is 17.0. The third-order valence-electron chi connectivity index (χ3n) is 4.33. The fraction of sp³-hybridized carbons (Fsp3) is 0.0526. The second-order valence-corrected chi connectivity index (χ2v) is 6.44. The number of nitrogens with zero attached hydrogens (tertiary/aromatic N) is 3. The molecule has 34 heavy (non-hydrogen) atoms. The molecule has 0 spiro atoms. The van der Waals surface area contributed by atoms with E-state index >= 15 is 0 Å². The van der Waals surface area contributed by atoms with Gasteiger partial charge in [0.2, 0.25) is 5.75 Å². The molecule has 2 aromatic carbocycles. The van der Waals surface area contributed by atoms with Gasteiger partial charge in [0, 0.05) is 6.07 Å². The van der Waals surface area contributed by atoms with Crippen LogP contribution in [-0.2, 0) is 0 Å². The number of nitrogens with one attached hydrogen (secondary N) is 2. The van der Waals surface area contributed by atoms with E-state index in [-0.39, 0.29) is 22.9 Å². The minimum Gasteiger partial charge on any atom is -0.493 e. The van der Waals surface area contributed by atoms with Gasteiger partial charge in [0.1, 0.15) is 5.69 Å². The number of methoxy groups -OCH3 is 1. The van der Waals surface area contributed by atoms with Gasteiger partial charge in [-0.3, -0.25) is 40.1 Å². The van der Waals surface area contributed by atoms with Gasteiger partial charge in [-0.25, -0.2) is 4.79 Å². The minimum atomic E-state index is -1.18. The molecule has 2 N–H and O–H groups in total. The fourth-order valence-electron chi connectivity index (χ4n) is 2.82. The smallest absolute Gasteiger partial charge is 0.357 e. The van der Waals surface area contributed by atoms with E-state index in [9.17, 15) is 39.9 Å². The Bertz CT molecular complexity index is 1460. The molecule has 1 heterocycles. The molecule has 0 bridgehead atoms. The van der Waals surface area contributed by atoms with Crippen LogP contribution < -0.4 is 20.7 Å². The zero-order chi connectivity index (χ0) is 25.0. The van der Waals surface area contributed by atoms with Crippen LogP contribution in [0, 0.1) is 30.3 Å². The first kappa shape index (κ1) is 23.3. The number of nitro benzene ring substituents is 2. The first-order valence-corrected chi connectivity index (χ1v) is 9.08. The van der Waals surface area contributed by atoms with Crippen LogP contribution in [0.2, 0.25) is 0 Å². The van der Waals surface area contributed by atoms with Gasteiger partial charge in [0.25, 0.3) is 5.69 Å². The van der Waals surface area contributed by atoms with Crippen LogP contribution in [0.15, 0.2) is 46.0 Å². The number of hydrogen-bond acceptors (Lipinski definition) is 10. The quantitative estimate of drug-likeness (QED) is 0.362. The van der Waals surface area contributed by atoms with Gasteiger partial charge in [-0.15, -0.1) is 0 Å². The summed E-state index contributed by atoms with van der Waals surface area (Å²) in [6, 6.07) is 7.12. The van der Waals surface area contributed by atoms with Crippen LogP contribution in [0.4, 0.5) is 17.1 Å². The highest BCUT2D eigenvalue weighted by Gasteiger charge is 2.22. The molecule has 0 saturated carbocycles. The Labute approximate surface area is 187 Å². The molecule has 15 nitrogen and oxygen atoms in total. The maximum absolute atomic E-state index is 11.7. The number of aromatic amines is 2. The molecule has 174 valence electrons. The highest BCUT2D eigenvalue weighted by atomic mass is 16.6. The second kappa shape index (κ2) is 9.43. The number of aromatic nitrogens is 2. The lowest BCUT2D eigenvalue weighted by Gasteiger charge is -2.11. The summed E-state index contributed by atoms with van der Waals surface area (Å²) in [5.74, 6) is -0.166. The average Bonchev–Trinajstić information content (AvgIpc) is 2.77. The molecular weight excluding hydrogens is 458 g/mol. The molecule has 0 fully saturated rings. The third-order valence-corrected chi connectivity index (χ3v) is 4.33. The predicted molar refractivity (Wildman–Crippen MR) is 116 cm³/mol. The first-order valence-electron chi connectivity index (χ1n) is 9.08. The standard InChI is InChI=1S/C19H13N5O10/c1-33-15-6-3-10(2-5-12-17(24(31)32)18(25)21-19(26)20-12)8-16(15)34-14-7-4-11(22(27)28)9-13(14)23(29)30/h2-9H,1H3,(H2,20,21,25,26)/b5-2+. The van der Waals surface area contributed by atoms with Gasteiger partial charge < -0.3 is 14.5 Å². The zero-order valence-electron chi connectivity index (χ0n) is 17.0. The minimum absolute atomic E-state index is 0.0181. The number of rotatable bonds is 8. The van der Waals surface area contributed by atoms with E-state index in [1.165, 1.54) is 31.4 Å². The van der Waals surface area contributed by atoms with Crippen LogP contribution in [-0.4, -0.2) is 31.8 Å². The van der Waals surface area contributed by atoms with Crippen LogP contribution in [0.1, 0.15) is 11.3 Å². The summed E-state index contributed by atoms with van der Waals surface area (Å²) in [6.07, 6.45) is 2.43. The highest BCUT2D eigenvalue weighted by molar-refractivity contribution is 5.73. The van der Waals surface area contributed by atoms with Crippen molar-refractivity contribution in [2.45, 2.75) is 0 Å². The maximum Gasteiger partial charge on any atom is 0.357 e. The molecule has 0 amide bonds. The Kier molecular flexibility index (Phi) is 6.47. The normalized spacial score (nSPS) is 10.7. The SMILES string of the molecule is COc1ccc(/C=C/c2[nH]c(=O)[nH]c(=O)c2[N+](=O)[O-])cc1Oc1ccc([N+](=O)[O-])cc1[N+](=O)[O-]. The number of non-ortho nitro benzene ring substituents is 1. The van der Waals surface area contributed by atoms with Crippen molar-refractivity contribution in [1.29, 1.82) is 0 Å². The summed E-state index contributed by atoms with van der Waals surface area (Å²) in [5.41, 5.74) is -4.18. The lowest BCUT2D eigenvalue weighted by Crippen LogP contribution is -2.25. The van der Waals surface area contributed by atoms with Crippen LogP contribution in [0.3, 0.4) is 0 Å². The molecule has 0 aliphatic heterocycles. The molecule has 1 aromatic heterocycles. The largest absolute Gasteiger partial charge is 0.493 e. The summed E-state index contributed by atoms with van der Waals surface area (Å²) in [4.78, 5) is 58.0. The highest BCUT2D eigenvalue weighted by Crippen LogP contribution is 2.38. The van der Waals surface area contributed by atoms with E-state index in [4.69, 9.17) is 9.47 Å². The Morgan fingerprint density at radius 1 is 0.824 bits per heavy atom. The van der Waals surface area contributed by atoms with Crippen molar-refractivity contribution in [3.8, 4) is 17.2 Å². The van der Waals surface area contributed by atoms with E-state index < -0.39 is 43.1 Å². The van der Waals surface area contributed by atoms with E-state index in [0.29, 0.717) is 5.56 Å². The van der Waals surface area contributed by atoms with Gasteiger partial charge in [-0.2, -0.15) is 0 Å². The summed E-state index contributed by atoms with van der Waals surface area (Å²) < 4.78 is 10.7. The Hall–Kier alpha value is -5.34. The van der Waals surface area contributed by atoms with Crippen molar-refractivity contribution >= 4 is 29.2 Å². The molecular formula is C19H13N5O10. The van der Waals surface area contributed by atoms with E-state index in [1.807, 2.05) is 0 Å². The van der Waals surface area contributed by atoms with Gasteiger partial charge in [0.05, 0.1) is 27.9 Å². The Balaban J connectivity index is 2.03. The number of nitro groups is 3. The van der Waals surface area contributed by atoms with Crippen molar-refractivity contribution in [3.63, 3.8) is 0 Å².